The summed E-state index contributed by atoms with van der Waals surface area (Å²) in [5.74, 6) is 1.15. The van der Waals surface area contributed by atoms with Gasteiger partial charge in [0, 0.05) is 17.6 Å². The van der Waals surface area contributed by atoms with Crippen LogP contribution in [0.3, 0.4) is 0 Å². The molecule has 3 nitrogen and oxygen atoms in total. The Morgan fingerprint density at radius 1 is 1.07 bits per heavy atom. The average Bonchev–Trinajstić information content (AvgIpc) is 2.62. The second kappa shape index (κ2) is 10.7. The van der Waals surface area contributed by atoms with E-state index in [2.05, 4.69) is 72.9 Å². The maximum atomic E-state index is 12.7. The maximum Gasteiger partial charge on any atom is 0.228 e. The van der Waals surface area contributed by atoms with Crippen molar-refractivity contribution < 1.29 is 4.79 Å². The lowest BCUT2D eigenvalue weighted by atomic mass is 10.1. The third-order valence-corrected chi connectivity index (χ3v) is 5.37. The molecule has 0 spiro atoms. The number of nitrogens with zero attached hydrogens (tertiary/aromatic N) is 1. The Morgan fingerprint density at radius 3 is 2.36 bits per heavy atom. The Labute approximate surface area is 178 Å². The molecule has 0 heterocycles. The van der Waals surface area contributed by atoms with Gasteiger partial charge in [-0.2, -0.15) is 0 Å². The largest absolute Gasteiger partial charge is 0.369 e. The molecule has 1 unspecified atom stereocenters. The average molecular weight is 445 g/mol. The van der Waals surface area contributed by atoms with E-state index in [0.29, 0.717) is 18.3 Å². The van der Waals surface area contributed by atoms with E-state index in [-0.39, 0.29) is 5.91 Å². The molecule has 0 aliphatic rings. The van der Waals surface area contributed by atoms with E-state index in [4.69, 9.17) is 0 Å². The fourth-order valence-electron chi connectivity index (χ4n) is 3.19. The zero-order valence-corrected chi connectivity index (χ0v) is 19.3. The van der Waals surface area contributed by atoms with E-state index < -0.39 is 0 Å². The van der Waals surface area contributed by atoms with Gasteiger partial charge in [-0.25, -0.2) is 0 Å². The van der Waals surface area contributed by atoms with E-state index in [1.54, 1.807) is 0 Å². The molecule has 4 heteroatoms. The molecule has 0 aliphatic carbocycles. The van der Waals surface area contributed by atoms with Crippen LogP contribution in [0.5, 0.6) is 0 Å². The van der Waals surface area contributed by atoms with Crippen molar-refractivity contribution in [2.45, 2.75) is 47.5 Å². The number of carbonyl (C=O) groups is 1. The van der Waals surface area contributed by atoms with Gasteiger partial charge in [-0.15, -0.1) is 0 Å². The molecule has 0 fully saturated rings. The van der Waals surface area contributed by atoms with Gasteiger partial charge in [-0.05, 0) is 42.5 Å². The topological polar surface area (TPSA) is 32.3 Å². The van der Waals surface area contributed by atoms with Crippen molar-refractivity contribution in [2.75, 3.05) is 23.3 Å². The first kappa shape index (κ1) is 22.5. The summed E-state index contributed by atoms with van der Waals surface area (Å²) in [6.07, 6.45) is 1.52. The van der Waals surface area contributed by atoms with Gasteiger partial charge in [-0.1, -0.05) is 79.9 Å². The Morgan fingerprint density at radius 2 is 1.75 bits per heavy atom. The summed E-state index contributed by atoms with van der Waals surface area (Å²) in [5.41, 5.74) is 4.19. The molecular formula is C24H33BrN2O. The number of carbonyl (C=O) groups excluding carboxylic acids is 1. The molecule has 1 amide bonds. The van der Waals surface area contributed by atoms with Crippen LogP contribution in [-0.2, 0) is 11.2 Å². The molecule has 2 aromatic rings. The van der Waals surface area contributed by atoms with Crippen LogP contribution < -0.4 is 10.2 Å². The Hall–Kier alpha value is -1.81. The van der Waals surface area contributed by atoms with Crippen LogP contribution in [0.25, 0.3) is 0 Å². The van der Waals surface area contributed by atoms with E-state index in [9.17, 15) is 4.79 Å². The number of anilines is 2. The lowest BCUT2D eigenvalue weighted by molar-refractivity contribution is -0.115. The zero-order chi connectivity index (χ0) is 20.7. The summed E-state index contributed by atoms with van der Waals surface area (Å²) in [4.78, 5) is 15.1. The molecule has 0 radical (unpaired) electrons. The fraction of sp³-hybridized carbons (Fsp3) is 0.458. The first-order valence-corrected chi connectivity index (χ1v) is 11.0. The minimum atomic E-state index is 0.0104. The molecule has 0 saturated carbocycles. The van der Waals surface area contributed by atoms with Gasteiger partial charge < -0.3 is 10.2 Å². The van der Waals surface area contributed by atoms with Crippen LogP contribution in [0.2, 0.25) is 0 Å². The lowest BCUT2D eigenvalue weighted by Crippen LogP contribution is -2.33. The monoisotopic (exact) mass is 444 g/mol. The highest BCUT2D eigenvalue weighted by Crippen LogP contribution is 2.31. The van der Waals surface area contributed by atoms with Gasteiger partial charge in [0.1, 0.15) is 0 Å². The number of aryl methyl sites for hydroxylation is 1. The molecule has 0 bridgehead atoms. The summed E-state index contributed by atoms with van der Waals surface area (Å²) in [5, 5.41) is 3.15. The predicted octanol–water partition coefficient (Wildman–Crippen LogP) is 6.45. The van der Waals surface area contributed by atoms with Crippen LogP contribution in [0.1, 0.15) is 45.2 Å². The van der Waals surface area contributed by atoms with Crippen molar-refractivity contribution in [2.24, 2.45) is 11.8 Å². The van der Waals surface area contributed by atoms with Crippen molar-refractivity contribution >= 4 is 33.2 Å². The number of halogens is 1. The van der Waals surface area contributed by atoms with Gasteiger partial charge in [0.2, 0.25) is 5.91 Å². The lowest BCUT2D eigenvalue weighted by Gasteiger charge is -2.31. The number of nitrogens with one attached hydrogen (secondary N) is 1. The smallest absolute Gasteiger partial charge is 0.228 e. The fourth-order valence-corrected chi connectivity index (χ4v) is 3.55. The van der Waals surface area contributed by atoms with Gasteiger partial charge in [-0.3, -0.25) is 4.79 Å². The zero-order valence-electron chi connectivity index (χ0n) is 17.8. The summed E-state index contributed by atoms with van der Waals surface area (Å²) in [6, 6.07) is 14.3. The number of hydrogen-bond donors (Lipinski definition) is 1. The first-order chi connectivity index (χ1) is 13.3. The summed E-state index contributed by atoms with van der Waals surface area (Å²) < 4.78 is 0.968. The minimum absolute atomic E-state index is 0.0104. The van der Waals surface area contributed by atoms with Crippen molar-refractivity contribution in [1.29, 1.82) is 0 Å². The second-order valence-corrected chi connectivity index (χ2v) is 9.10. The van der Waals surface area contributed by atoms with Gasteiger partial charge in [0.15, 0.2) is 0 Å². The summed E-state index contributed by atoms with van der Waals surface area (Å²) in [7, 11) is 0. The highest BCUT2D eigenvalue weighted by molar-refractivity contribution is 9.10. The molecule has 1 N–H and O–H groups in total. The Kier molecular flexibility index (Phi) is 8.56. The number of hydrogen-bond acceptors (Lipinski definition) is 2. The molecule has 28 heavy (non-hydrogen) atoms. The molecule has 0 aliphatic heterocycles. The van der Waals surface area contributed by atoms with Crippen LogP contribution in [0.4, 0.5) is 11.4 Å². The number of amides is 1. The van der Waals surface area contributed by atoms with Crippen molar-refractivity contribution in [3.8, 4) is 0 Å². The second-order valence-electron chi connectivity index (χ2n) is 8.18. The third-order valence-electron chi connectivity index (χ3n) is 4.87. The minimum Gasteiger partial charge on any atom is -0.369 e. The van der Waals surface area contributed by atoms with Gasteiger partial charge in [0.05, 0.1) is 17.8 Å². The van der Waals surface area contributed by atoms with Gasteiger partial charge >= 0.3 is 0 Å². The highest BCUT2D eigenvalue weighted by atomic mass is 79.9. The normalized spacial score (nSPS) is 12.1. The van der Waals surface area contributed by atoms with Crippen molar-refractivity contribution in [3.63, 3.8) is 0 Å². The van der Waals surface area contributed by atoms with Gasteiger partial charge in [0.25, 0.3) is 0 Å². The molecule has 1 atom stereocenters. The van der Waals surface area contributed by atoms with Crippen LogP contribution in [-0.4, -0.2) is 19.0 Å². The number of benzene rings is 2. The molecule has 152 valence electrons. The quantitative estimate of drug-likeness (QED) is 0.481. The van der Waals surface area contributed by atoms with E-state index in [1.807, 2.05) is 30.3 Å². The molecule has 2 rings (SSSR count). The Bertz CT molecular complexity index is 771. The van der Waals surface area contributed by atoms with E-state index >= 15 is 0 Å². The SMILES string of the molecule is CCC(C)CN(CC(C)C)c1ccc(Br)cc1NC(=O)Cc1ccc(C)cc1. The number of rotatable bonds is 9. The molecular weight excluding hydrogens is 412 g/mol. The summed E-state index contributed by atoms with van der Waals surface area (Å²) >= 11 is 3.56. The predicted molar refractivity (Wildman–Crippen MR) is 124 cm³/mol. The van der Waals surface area contributed by atoms with Crippen LogP contribution >= 0.6 is 15.9 Å². The standard InChI is InChI=1S/C24H33BrN2O/c1-6-18(4)16-27(15-17(2)3)23-12-11-21(25)14-22(23)26-24(28)13-20-9-7-19(5)8-10-20/h7-12,14,17-18H,6,13,15-16H2,1-5H3,(H,26,28). The van der Waals surface area contributed by atoms with Crippen LogP contribution in [0.15, 0.2) is 46.9 Å². The van der Waals surface area contributed by atoms with Crippen LogP contribution in [0, 0.1) is 18.8 Å². The first-order valence-electron chi connectivity index (χ1n) is 10.2. The highest BCUT2D eigenvalue weighted by Gasteiger charge is 2.17. The van der Waals surface area contributed by atoms with Crippen molar-refractivity contribution in [3.05, 3.63) is 58.1 Å². The third kappa shape index (κ3) is 6.97. The van der Waals surface area contributed by atoms with E-state index in [0.717, 1.165) is 40.9 Å². The molecule has 2 aromatic carbocycles. The maximum absolute atomic E-state index is 12.7. The molecule has 0 saturated heterocycles. The summed E-state index contributed by atoms with van der Waals surface area (Å²) in [6.45, 7) is 13.0. The molecule has 0 aromatic heterocycles. The van der Waals surface area contributed by atoms with E-state index in [1.165, 1.54) is 5.56 Å². The van der Waals surface area contributed by atoms with Crippen molar-refractivity contribution in [1.82, 2.24) is 0 Å². The Balaban J connectivity index is 2.23.